The van der Waals surface area contributed by atoms with Crippen molar-refractivity contribution in [2.75, 3.05) is 5.32 Å². The van der Waals surface area contributed by atoms with E-state index in [1.807, 2.05) is 11.3 Å². The average molecular weight is 598 g/mol. The Balaban J connectivity index is 1.31. The zero-order valence-electron chi connectivity index (χ0n) is 26.1. The Labute approximate surface area is 269 Å². The van der Waals surface area contributed by atoms with Crippen LogP contribution in [0.15, 0.2) is 121 Å². The van der Waals surface area contributed by atoms with Gasteiger partial charge in [0.05, 0.1) is 5.41 Å². The molecule has 0 saturated heterocycles. The summed E-state index contributed by atoms with van der Waals surface area (Å²) in [5.41, 5.74) is 15.6. The molecular formula is C43H35NS. The van der Waals surface area contributed by atoms with Crippen molar-refractivity contribution in [2.24, 2.45) is 0 Å². The van der Waals surface area contributed by atoms with Gasteiger partial charge in [0, 0.05) is 37.1 Å². The number of hydrogen-bond acceptors (Lipinski definition) is 2. The van der Waals surface area contributed by atoms with E-state index in [1.54, 1.807) is 0 Å². The molecule has 0 radical (unpaired) electrons. The second kappa shape index (κ2) is 9.67. The fraction of sp³-hybridized carbons (Fsp3) is 0.163. The molecule has 0 saturated carbocycles. The van der Waals surface area contributed by atoms with Crippen LogP contribution in [0.5, 0.6) is 0 Å². The SMILES string of the molecule is CC(C)c1ccc2c(c1)C1(c3cc(C(C)C)ccc3-2)c2ccccc2-c2c(Nc3ccc4sc5ccccc5c4c3)cccc21. The Hall–Kier alpha value is -4.66. The van der Waals surface area contributed by atoms with Crippen molar-refractivity contribution < 1.29 is 0 Å². The Kier molecular flexibility index (Phi) is 5.74. The molecule has 218 valence electrons. The van der Waals surface area contributed by atoms with Gasteiger partial charge in [0.25, 0.3) is 0 Å². The molecule has 9 rings (SSSR count). The number of benzene rings is 6. The lowest BCUT2D eigenvalue weighted by molar-refractivity contribution is 0.777. The number of thiophene rings is 1. The van der Waals surface area contributed by atoms with Gasteiger partial charge in [-0.1, -0.05) is 119 Å². The molecule has 0 fully saturated rings. The quantitative estimate of drug-likeness (QED) is 0.213. The van der Waals surface area contributed by atoms with E-state index in [9.17, 15) is 0 Å². The van der Waals surface area contributed by atoms with Crippen LogP contribution in [-0.4, -0.2) is 0 Å². The van der Waals surface area contributed by atoms with Gasteiger partial charge in [-0.05, 0) is 92.2 Å². The molecule has 0 bridgehead atoms. The first-order valence-electron chi connectivity index (χ1n) is 16.2. The second-order valence-corrected chi connectivity index (χ2v) is 14.5. The summed E-state index contributed by atoms with van der Waals surface area (Å²) in [6, 6.07) is 46.1. The average Bonchev–Trinajstić information content (AvgIpc) is 3.68. The van der Waals surface area contributed by atoms with Crippen molar-refractivity contribution in [3.05, 3.63) is 155 Å². The van der Waals surface area contributed by atoms with Gasteiger partial charge in [-0.2, -0.15) is 0 Å². The largest absolute Gasteiger partial charge is 0.355 e. The molecule has 0 aliphatic heterocycles. The standard InChI is InChI=1S/C43H35NS/c1-25(2)27-16-19-30-31-20-17-28(26(3)4)23-38(31)43(37(30)22-27)35-12-7-5-11-33(35)42-36(43)13-9-14-39(42)44-29-18-21-41-34(24-29)32-10-6-8-15-40(32)45-41/h5-26,44H,1-4H3. The van der Waals surface area contributed by atoms with E-state index in [2.05, 4.69) is 154 Å². The maximum absolute atomic E-state index is 3.91. The van der Waals surface area contributed by atoms with Crippen LogP contribution in [0, 0.1) is 0 Å². The van der Waals surface area contributed by atoms with Crippen LogP contribution >= 0.6 is 11.3 Å². The van der Waals surface area contributed by atoms with E-state index in [1.165, 1.54) is 75.8 Å². The highest BCUT2D eigenvalue weighted by molar-refractivity contribution is 7.25. The number of rotatable bonds is 4. The molecule has 1 N–H and O–H groups in total. The Bertz CT molecular complexity index is 2260. The maximum Gasteiger partial charge on any atom is 0.0726 e. The molecule has 2 heteroatoms. The van der Waals surface area contributed by atoms with Crippen molar-refractivity contribution in [1.82, 2.24) is 0 Å². The highest BCUT2D eigenvalue weighted by Gasteiger charge is 2.52. The van der Waals surface area contributed by atoms with Gasteiger partial charge in [0.15, 0.2) is 0 Å². The summed E-state index contributed by atoms with van der Waals surface area (Å²) in [6.07, 6.45) is 0. The first-order chi connectivity index (χ1) is 21.9. The molecule has 6 aromatic carbocycles. The van der Waals surface area contributed by atoms with Gasteiger partial charge < -0.3 is 5.32 Å². The van der Waals surface area contributed by atoms with Crippen molar-refractivity contribution in [3.8, 4) is 22.3 Å². The third-order valence-electron chi connectivity index (χ3n) is 10.2. The maximum atomic E-state index is 3.91. The molecule has 2 aliphatic rings. The number of anilines is 2. The zero-order valence-corrected chi connectivity index (χ0v) is 26.9. The summed E-state index contributed by atoms with van der Waals surface area (Å²) in [4.78, 5) is 0. The monoisotopic (exact) mass is 597 g/mol. The van der Waals surface area contributed by atoms with Crippen LogP contribution in [0.25, 0.3) is 42.4 Å². The highest BCUT2D eigenvalue weighted by atomic mass is 32.1. The summed E-state index contributed by atoms with van der Waals surface area (Å²) in [7, 11) is 0. The first kappa shape index (κ1) is 26.7. The molecular weight excluding hydrogens is 563 g/mol. The highest BCUT2D eigenvalue weighted by Crippen LogP contribution is 2.64. The predicted molar refractivity (Wildman–Crippen MR) is 194 cm³/mol. The molecule has 45 heavy (non-hydrogen) atoms. The molecule has 1 heterocycles. The number of nitrogens with one attached hydrogen (secondary N) is 1. The van der Waals surface area contributed by atoms with Crippen molar-refractivity contribution in [2.45, 2.75) is 44.9 Å². The van der Waals surface area contributed by atoms with Gasteiger partial charge in [0.2, 0.25) is 0 Å². The summed E-state index contributed by atoms with van der Waals surface area (Å²) in [5, 5.41) is 6.55. The van der Waals surface area contributed by atoms with Crippen LogP contribution < -0.4 is 5.32 Å². The molecule has 1 aromatic heterocycles. The fourth-order valence-corrected chi connectivity index (χ4v) is 9.14. The van der Waals surface area contributed by atoms with Crippen LogP contribution in [0.1, 0.15) is 72.9 Å². The molecule has 7 aromatic rings. The normalized spacial score (nSPS) is 13.9. The van der Waals surface area contributed by atoms with Gasteiger partial charge in [-0.3, -0.25) is 0 Å². The minimum absolute atomic E-state index is 0.363. The molecule has 2 aliphatic carbocycles. The lowest BCUT2D eigenvalue weighted by Crippen LogP contribution is -2.26. The van der Waals surface area contributed by atoms with Crippen LogP contribution in [0.4, 0.5) is 11.4 Å². The van der Waals surface area contributed by atoms with E-state index in [4.69, 9.17) is 0 Å². The second-order valence-electron chi connectivity index (χ2n) is 13.4. The van der Waals surface area contributed by atoms with Crippen molar-refractivity contribution >= 4 is 42.9 Å². The predicted octanol–water partition coefficient (Wildman–Crippen LogP) is 12.4. The number of hydrogen-bond donors (Lipinski definition) is 1. The minimum atomic E-state index is -0.363. The Morgan fingerprint density at radius 3 is 1.89 bits per heavy atom. The lowest BCUT2D eigenvalue weighted by atomic mass is 9.69. The van der Waals surface area contributed by atoms with Gasteiger partial charge in [-0.25, -0.2) is 0 Å². The number of fused-ring (bicyclic) bond motifs is 13. The third-order valence-corrected chi connectivity index (χ3v) is 11.4. The Morgan fingerprint density at radius 2 is 1.16 bits per heavy atom. The third kappa shape index (κ3) is 3.66. The van der Waals surface area contributed by atoms with E-state index in [0.717, 1.165) is 11.4 Å². The molecule has 0 atom stereocenters. The molecule has 0 unspecified atom stereocenters. The van der Waals surface area contributed by atoms with E-state index >= 15 is 0 Å². The summed E-state index contributed by atoms with van der Waals surface area (Å²) >= 11 is 1.87. The Morgan fingerprint density at radius 1 is 0.511 bits per heavy atom. The van der Waals surface area contributed by atoms with Crippen LogP contribution in [0.2, 0.25) is 0 Å². The molecule has 1 spiro atoms. The first-order valence-corrected chi connectivity index (χ1v) is 17.0. The molecule has 0 amide bonds. The van der Waals surface area contributed by atoms with E-state index < -0.39 is 0 Å². The minimum Gasteiger partial charge on any atom is -0.355 e. The van der Waals surface area contributed by atoms with Gasteiger partial charge >= 0.3 is 0 Å². The fourth-order valence-electron chi connectivity index (χ4n) is 8.05. The van der Waals surface area contributed by atoms with Gasteiger partial charge in [0.1, 0.15) is 0 Å². The zero-order chi connectivity index (χ0) is 30.4. The van der Waals surface area contributed by atoms with Crippen molar-refractivity contribution in [3.63, 3.8) is 0 Å². The van der Waals surface area contributed by atoms with Crippen molar-refractivity contribution in [1.29, 1.82) is 0 Å². The molecule has 1 nitrogen and oxygen atoms in total. The summed E-state index contributed by atoms with van der Waals surface area (Å²) in [5.74, 6) is 0.906. The van der Waals surface area contributed by atoms with Gasteiger partial charge in [-0.15, -0.1) is 11.3 Å². The smallest absolute Gasteiger partial charge is 0.0726 e. The summed E-state index contributed by atoms with van der Waals surface area (Å²) < 4.78 is 2.66. The topological polar surface area (TPSA) is 12.0 Å². The van der Waals surface area contributed by atoms with E-state index in [-0.39, 0.29) is 5.41 Å². The van der Waals surface area contributed by atoms with E-state index in [0.29, 0.717) is 11.8 Å². The van der Waals surface area contributed by atoms with Crippen LogP contribution in [0.3, 0.4) is 0 Å². The van der Waals surface area contributed by atoms with Crippen LogP contribution in [-0.2, 0) is 5.41 Å². The summed E-state index contributed by atoms with van der Waals surface area (Å²) in [6.45, 7) is 9.22. The lowest BCUT2D eigenvalue weighted by Gasteiger charge is -2.31.